The number of likely N-dealkylation sites (tertiary alicyclic amines) is 1. The lowest BCUT2D eigenvalue weighted by Crippen LogP contribution is -2.43. The number of carbonyl (C=O) groups excluding carboxylic acids is 1. The van der Waals surface area contributed by atoms with Gasteiger partial charge in [0.2, 0.25) is 0 Å². The van der Waals surface area contributed by atoms with Crippen LogP contribution in [0.5, 0.6) is 5.75 Å². The number of pyridine rings is 1. The number of nitrogens with zero attached hydrogens (tertiary/aromatic N) is 4. The van der Waals surface area contributed by atoms with Gasteiger partial charge in [-0.2, -0.15) is 0 Å². The van der Waals surface area contributed by atoms with Gasteiger partial charge in [-0.05, 0) is 99.5 Å². The number of hydrogen-bond donors (Lipinski definition) is 0. The molecule has 1 saturated heterocycles. The number of amides is 1. The monoisotopic (exact) mass is 650 g/mol. The summed E-state index contributed by atoms with van der Waals surface area (Å²) in [5, 5.41) is 3.60. The van der Waals surface area contributed by atoms with Gasteiger partial charge >= 0.3 is 6.09 Å². The number of fused-ring (bicyclic) bond motifs is 2. The molecule has 1 aliphatic heterocycles. The highest BCUT2D eigenvalue weighted by molar-refractivity contribution is 7.17. The third kappa shape index (κ3) is 8.50. The summed E-state index contributed by atoms with van der Waals surface area (Å²) < 4.78 is 20.5. The van der Waals surface area contributed by atoms with Crippen LogP contribution >= 0.6 is 11.3 Å². The highest BCUT2D eigenvalue weighted by Gasteiger charge is 2.27. The molecule has 1 atom stereocenters. The number of thiophene rings is 1. The molecular formula is C34H46N4O5SSi. The molecule has 1 amide bonds. The molecule has 1 unspecified atom stereocenters. The maximum absolute atomic E-state index is 14.1. The van der Waals surface area contributed by atoms with Crippen LogP contribution in [-0.4, -0.2) is 65.5 Å². The van der Waals surface area contributed by atoms with Crippen LogP contribution < -0.4 is 10.3 Å². The van der Waals surface area contributed by atoms with Crippen molar-refractivity contribution in [3.63, 3.8) is 0 Å². The van der Waals surface area contributed by atoms with Gasteiger partial charge in [-0.3, -0.25) is 14.3 Å². The Labute approximate surface area is 270 Å². The van der Waals surface area contributed by atoms with Gasteiger partial charge in [0, 0.05) is 34.0 Å². The standard InChI is InChI=1S/C34H46N4O5SSi/c1-23-17-26(42-13-10-24-9-8-12-37(21-24)33(40)43-34(2,3)4)19-27-30(23)36-31(28-18-25-11-15-44-29(25)20-35-28)38(32(27)39)22-41-14-16-45(5,6)7/h11,15,17-20,24H,8-10,12-14,16,21-22H2,1-7H3. The summed E-state index contributed by atoms with van der Waals surface area (Å²) in [7, 11) is -1.29. The molecule has 45 heavy (non-hydrogen) atoms. The van der Waals surface area contributed by atoms with Crippen molar-refractivity contribution in [2.45, 2.75) is 85.0 Å². The van der Waals surface area contributed by atoms with Gasteiger partial charge in [0.1, 0.15) is 23.8 Å². The first-order valence-electron chi connectivity index (χ1n) is 15.8. The normalized spacial score (nSPS) is 16.0. The smallest absolute Gasteiger partial charge is 0.410 e. The Balaban J connectivity index is 1.36. The highest BCUT2D eigenvalue weighted by Crippen LogP contribution is 2.28. The van der Waals surface area contributed by atoms with Gasteiger partial charge in [0.25, 0.3) is 5.56 Å². The van der Waals surface area contributed by atoms with Gasteiger partial charge < -0.3 is 19.1 Å². The summed E-state index contributed by atoms with van der Waals surface area (Å²) >= 11 is 1.63. The molecule has 4 aromatic rings. The maximum atomic E-state index is 14.1. The van der Waals surface area contributed by atoms with Crippen LogP contribution in [-0.2, 0) is 16.2 Å². The minimum Gasteiger partial charge on any atom is -0.494 e. The second-order valence-corrected chi connectivity index (χ2v) is 20.8. The zero-order valence-electron chi connectivity index (χ0n) is 27.6. The van der Waals surface area contributed by atoms with Crippen LogP contribution in [0.2, 0.25) is 25.7 Å². The second-order valence-electron chi connectivity index (χ2n) is 14.3. The molecule has 1 fully saturated rings. The van der Waals surface area contributed by atoms with E-state index in [1.807, 2.05) is 56.3 Å². The van der Waals surface area contributed by atoms with E-state index in [9.17, 15) is 9.59 Å². The molecule has 11 heteroatoms. The second kappa shape index (κ2) is 13.6. The van der Waals surface area contributed by atoms with Gasteiger partial charge in [0.15, 0.2) is 5.82 Å². The third-order valence-corrected chi connectivity index (χ3v) is 10.5. The topological polar surface area (TPSA) is 95.8 Å². The third-order valence-electron chi connectivity index (χ3n) is 7.97. The average Bonchev–Trinajstić information content (AvgIpc) is 3.43. The predicted octanol–water partition coefficient (Wildman–Crippen LogP) is 7.71. The number of benzene rings is 1. The molecule has 242 valence electrons. The number of aryl methyl sites for hydroxylation is 1. The number of aromatic nitrogens is 3. The molecule has 5 rings (SSSR count). The summed E-state index contributed by atoms with van der Waals surface area (Å²) in [6.45, 7) is 17.1. The lowest BCUT2D eigenvalue weighted by molar-refractivity contribution is 0.0154. The molecule has 4 heterocycles. The quantitative estimate of drug-likeness (QED) is 0.128. The summed E-state index contributed by atoms with van der Waals surface area (Å²) in [6.07, 6.45) is 4.38. The molecule has 0 bridgehead atoms. The van der Waals surface area contributed by atoms with Gasteiger partial charge in [-0.25, -0.2) is 9.78 Å². The van der Waals surface area contributed by atoms with E-state index >= 15 is 0 Å². The van der Waals surface area contributed by atoms with E-state index in [0.717, 1.165) is 47.5 Å². The summed E-state index contributed by atoms with van der Waals surface area (Å²) in [6, 6.07) is 8.78. The molecule has 0 N–H and O–H groups in total. The van der Waals surface area contributed by atoms with Crippen molar-refractivity contribution >= 4 is 46.5 Å². The van der Waals surface area contributed by atoms with E-state index in [-0.39, 0.29) is 18.4 Å². The molecule has 0 radical (unpaired) electrons. The van der Waals surface area contributed by atoms with E-state index in [2.05, 4.69) is 30.7 Å². The van der Waals surface area contributed by atoms with Crippen LogP contribution in [0, 0.1) is 12.8 Å². The molecule has 0 aliphatic carbocycles. The van der Waals surface area contributed by atoms with Crippen molar-refractivity contribution in [2.75, 3.05) is 26.3 Å². The molecule has 1 aliphatic rings. The Kier molecular flexibility index (Phi) is 10.0. The predicted molar refractivity (Wildman–Crippen MR) is 184 cm³/mol. The van der Waals surface area contributed by atoms with E-state index in [1.165, 1.54) is 0 Å². The number of ether oxygens (including phenoxy) is 3. The fraction of sp³-hybridized carbons (Fsp3) is 0.529. The fourth-order valence-electron chi connectivity index (χ4n) is 5.53. The lowest BCUT2D eigenvalue weighted by Gasteiger charge is -2.34. The largest absolute Gasteiger partial charge is 0.494 e. The zero-order chi connectivity index (χ0) is 32.4. The van der Waals surface area contributed by atoms with Crippen LogP contribution in [0.3, 0.4) is 0 Å². The number of rotatable bonds is 10. The molecular weight excluding hydrogens is 605 g/mol. The van der Waals surface area contributed by atoms with Crippen LogP contribution in [0.25, 0.3) is 32.5 Å². The first-order valence-corrected chi connectivity index (χ1v) is 20.4. The summed E-state index contributed by atoms with van der Waals surface area (Å²) in [5.41, 5.74) is 1.44. The van der Waals surface area contributed by atoms with Gasteiger partial charge in [0.05, 0.1) is 22.2 Å². The first-order chi connectivity index (χ1) is 21.3. The Morgan fingerprint density at radius 2 is 1.96 bits per heavy atom. The molecule has 3 aromatic heterocycles. The van der Waals surface area contributed by atoms with E-state index in [1.54, 1.807) is 22.0 Å². The number of carbonyl (C=O) groups is 1. The van der Waals surface area contributed by atoms with Crippen LogP contribution in [0.4, 0.5) is 4.79 Å². The van der Waals surface area contributed by atoms with Crippen LogP contribution in [0.15, 0.2) is 40.6 Å². The Hall–Kier alpha value is -3.28. The van der Waals surface area contributed by atoms with Crippen molar-refractivity contribution < 1.29 is 19.0 Å². The van der Waals surface area contributed by atoms with Crippen LogP contribution in [0.1, 0.15) is 45.6 Å². The van der Waals surface area contributed by atoms with Gasteiger partial charge in [-0.15, -0.1) is 11.3 Å². The summed E-state index contributed by atoms with van der Waals surface area (Å²) in [5.74, 6) is 1.46. The Bertz CT molecular complexity index is 1720. The minimum atomic E-state index is -1.29. The molecule has 1 aromatic carbocycles. The highest BCUT2D eigenvalue weighted by atomic mass is 32.1. The minimum absolute atomic E-state index is 0.102. The summed E-state index contributed by atoms with van der Waals surface area (Å²) in [4.78, 5) is 38.1. The lowest BCUT2D eigenvalue weighted by atomic mass is 9.95. The van der Waals surface area contributed by atoms with Crippen molar-refractivity contribution in [3.8, 4) is 17.3 Å². The molecule has 9 nitrogen and oxygen atoms in total. The molecule has 0 saturated carbocycles. The van der Waals surface area contributed by atoms with Crippen molar-refractivity contribution in [2.24, 2.45) is 5.92 Å². The maximum Gasteiger partial charge on any atom is 0.410 e. The zero-order valence-corrected chi connectivity index (χ0v) is 29.5. The SMILES string of the molecule is Cc1cc(OCCC2CCCN(C(=O)OC(C)(C)C)C2)cc2c(=O)n(COCC[Si](C)(C)C)c(-c3cc4ccsc4cn3)nc12. The van der Waals surface area contributed by atoms with E-state index in [4.69, 9.17) is 19.2 Å². The van der Waals surface area contributed by atoms with Crippen molar-refractivity contribution in [3.05, 3.63) is 51.8 Å². The van der Waals surface area contributed by atoms with Crippen molar-refractivity contribution in [1.29, 1.82) is 0 Å². The Morgan fingerprint density at radius 3 is 2.71 bits per heavy atom. The Morgan fingerprint density at radius 1 is 1.16 bits per heavy atom. The fourth-order valence-corrected chi connectivity index (χ4v) is 7.02. The first kappa shape index (κ1) is 33.1. The average molecular weight is 651 g/mol. The van der Waals surface area contributed by atoms with Crippen molar-refractivity contribution in [1.82, 2.24) is 19.4 Å². The van der Waals surface area contributed by atoms with Gasteiger partial charge in [-0.1, -0.05) is 19.6 Å². The number of piperidine rings is 1. The number of hydrogen-bond acceptors (Lipinski definition) is 8. The molecule has 0 spiro atoms. The van der Waals surface area contributed by atoms with E-state index < -0.39 is 13.7 Å². The van der Waals surface area contributed by atoms with E-state index in [0.29, 0.717) is 53.8 Å².